The highest BCUT2D eigenvalue weighted by Crippen LogP contribution is 2.37. The Labute approximate surface area is 173 Å². The summed E-state index contributed by atoms with van der Waals surface area (Å²) in [4.78, 5) is 14.8. The third-order valence-corrected chi connectivity index (χ3v) is 6.32. The van der Waals surface area contributed by atoms with Crippen molar-refractivity contribution in [2.75, 3.05) is 4.90 Å². The average molecular weight is 414 g/mol. The SMILES string of the molecule is O=C(NC1CC1)C1CC(O)C(O)C2NC(=S)N(c3ccc(-n4cccn4)cc3)C12. The zero-order chi connectivity index (χ0) is 20.1. The van der Waals surface area contributed by atoms with Crippen molar-refractivity contribution in [1.29, 1.82) is 0 Å². The van der Waals surface area contributed by atoms with E-state index in [1.54, 1.807) is 10.9 Å². The molecule has 2 aromatic rings. The van der Waals surface area contributed by atoms with Crippen LogP contribution in [0.2, 0.25) is 0 Å². The van der Waals surface area contributed by atoms with Crippen LogP contribution < -0.4 is 15.5 Å². The number of nitrogens with one attached hydrogen (secondary N) is 2. The number of nitrogens with zero attached hydrogens (tertiary/aromatic N) is 3. The fourth-order valence-electron chi connectivity index (χ4n) is 4.36. The number of hydrogen-bond acceptors (Lipinski definition) is 5. The van der Waals surface area contributed by atoms with Crippen molar-refractivity contribution in [2.45, 2.75) is 49.6 Å². The smallest absolute Gasteiger partial charge is 0.225 e. The molecule has 2 aliphatic carbocycles. The van der Waals surface area contributed by atoms with Gasteiger partial charge < -0.3 is 25.7 Å². The highest BCUT2D eigenvalue weighted by Gasteiger charge is 2.54. The number of hydrogen-bond donors (Lipinski definition) is 4. The highest BCUT2D eigenvalue weighted by atomic mass is 32.1. The Kier molecular flexibility index (Phi) is 4.53. The van der Waals surface area contributed by atoms with E-state index < -0.39 is 24.2 Å². The largest absolute Gasteiger partial charge is 0.390 e. The molecular weight excluding hydrogens is 390 g/mol. The van der Waals surface area contributed by atoms with Crippen molar-refractivity contribution in [3.63, 3.8) is 0 Å². The molecule has 1 aromatic carbocycles. The second kappa shape index (κ2) is 7.08. The summed E-state index contributed by atoms with van der Waals surface area (Å²) in [6, 6.07) is 8.95. The van der Waals surface area contributed by atoms with Crippen LogP contribution in [0.3, 0.4) is 0 Å². The number of carbonyl (C=O) groups excluding carboxylic acids is 1. The summed E-state index contributed by atoms with van der Waals surface area (Å²) in [6.45, 7) is 0. The summed E-state index contributed by atoms with van der Waals surface area (Å²) < 4.78 is 1.76. The van der Waals surface area contributed by atoms with Crippen LogP contribution in [0.1, 0.15) is 19.3 Å². The standard InChI is InChI=1S/C20H23N5O3S/c26-15-10-14(19(28)22-11-2-3-11)17-16(18(15)27)23-20(29)25(17)13-6-4-12(5-7-13)24-9-1-8-21-24/h1,4-9,11,14-18,26-27H,2-3,10H2,(H,22,28)(H,23,29). The molecule has 1 amide bonds. The number of fused-ring (bicyclic) bond motifs is 1. The first-order valence-electron chi connectivity index (χ1n) is 9.89. The molecule has 1 saturated heterocycles. The van der Waals surface area contributed by atoms with Gasteiger partial charge >= 0.3 is 0 Å². The molecule has 3 aliphatic rings. The molecule has 3 fully saturated rings. The average Bonchev–Trinajstić information content (AvgIpc) is 3.23. The van der Waals surface area contributed by atoms with E-state index in [-0.39, 0.29) is 24.4 Å². The van der Waals surface area contributed by atoms with Gasteiger partial charge in [0.25, 0.3) is 0 Å². The Morgan fingerprint density at radius 2 is 1.93 bits per heavy atom. The van der Waals surface area contributed by atoms with Gasteiger partial charge in [-0.2, -0.15) is 5.10 Å². The molecule has 4 N–H and O–H groups in total. The molecule has 0 radical (unpaired) electrons. The second-order valence-electron chi connectivity index (χ2n) is 7.99. The van der Waals surface area contributed by atoms with Crippen LogP contribution in [-0.4, -0.2) is 61.3 Å². The highest BCUT2D eigenvalue weighted by molar-refractivity contribution is 7.80. The molecule has 2 heterocycles. The van der Waals surface area contributed by atoms with Crippen LogP contribution in [0, 0.1) is 5.92 Å². The van der Waals surface area contributed by atoms with Gasteiger partial charge in [0.1, 0.15) is 6.10 Å². The Bertz CT molecular complexity index is 915. The van der Waals surface area contributed by atoms with Crippen LogP contribution >= 0.6 is 12.2 Å². The topological polar surface area (TPSA) is 103 Å². The van der Waals surface area contributed by atoms with Gasteiger partial charge in [0, 0.05) is 24.1 Å². The van der Waals surface area contributed by atoms with Crippen molar-refractivity contribution in [2.24, 2.45) is 5.92 Å². The van der Waals surface area contributed by atoms with E-state index in [0.29, 0.717) is 5.11 Å². The number of thiocarbonyl (C=S) groups is 1. The lowest BCUT2D eigenvalue weighted by atomic mass is 9.77. The zero-order valence-electron chi connectivity index (χ0n) is 15.7. The second-order valence-corrected chi connectivity index (χ2v) is 8.37. The number of benzene rings is 1. The Morgan fingerprint density at radius 3 is 2.59 bits per heavy atom. The zero-order valence-corrected chi connectivity index (χ0v) is 16.5. The number of amides is 1. The lowest BCUT2D eigenvalue weighted by molar-refractivity contribution is -0.131. The van der Waals surface area contributed by atoms with Gasteiger partial charge in [-0.05, 0) is 61.8 Å². The molecule has 5 atom stereocenters. The van der Waals surface area contributed by atoms with Gasteiger partial charge in [-0.25, -0.2) is 4.68 Å². The fourth-order valence-corrected chi connectivity index (χ4v) is 4.73. The van der Waals surface area contributed by atoms with Crippen molar-refractivity contribution >= 4 is 28.9 Å². The summed E-state index contributed by atoms with van der Waals surface area (Å²) in [6.07, 6.45) is 3.81. The van der Waals surface area contributed by atoms with E-state index in [0.717, 1.165) is 24.2 Å². The summed E-state index contributed by atoms with van der Waals surface area (Å²) in [7, 11) is 0. The van der Waals surface area contributed by atoms with Crippen molar-refractivity contribution in [1.82, 2.24) is 20.4 Å². The minimum absolute atomic E-state index is 0.0851. The normalized spacial score (nSPS) is 31.3. The lowest BCUT2D eigenvalue weighted by Crippen LogP contribution is -2.61. The van der Waals surface area contributed by atoms with Gasteiger partial charge in [0.05, 0.1) is 29.8 Å². The molecule has 8 nitrogen and oxygen atoms in total. The van der Waals surface area contributed by atoms with Crippen molar-refractivity contribution in [3.8, 4) is 5.69 Å². The number of carbonyl (C=O) groups is 1. The molecule has 5 rings (SSSR count). The first kappa shape index (κ1) is 18.5. The lowest BCUT2D eigenvalue weighted by Gasteiger charge is -2.41. The third-order valence-electron chi connectivity index (χ3n) is 6.00. The first-order valence-corrected chi connectivity index (χ1v) is 10.3. The maximum absolute atomic E-state index is 12.9. The molecule has 29 heavy (non-hydrogen) atoms. The van der Waals surface area contributed by atoms with Gasteiger partial charge in [-0.1, -0.05) is 0 Å². The molecule has 0 bridgehead atoms. The number of rotatable bonds is 4. The maximum atomic E-state index is 12.9. The number of aliphatic hydroxyl groups excluding tert-OH is 2. The van der Waals surface area contributed by atoms with Gasteiger partial charge in [0.15, 0.2) is 5.11 Å². The molecule has 152 valence electrons. The van der Waals surface area contributed by atoms with Crippen molar-refractivity contribution in [3.05, 3.63) is 42.7 Å². The molecule has 1 aromatic heterocycles. The minimum atomic E-state index is -0.990. The maximum Gasteiger partial charge on any atom is 0.225 e. The van der Waals surface area contributed by atoms with E-state index in [1.807, 2.05) is 41.4 Å². The predicted molar refractivity (Wildman–Crippen MR) is 111 cm³/mol. The predicted octanol–water partition coefficient (Wildman–Crippen LogP) is 0.324. The fraction of sp³-hybridized carbons (Fsp3) is 0.450. The monoisotopic (exact) mass is 413 g/mol. The minimum Gasteiger partial charge on any atom is -0.390 e. The van der Waals surface area contributed by atoms with E-state index >= 15 is 0 Å². The number of anilines is 1. The van der Waals surface area contributed by atoms with Crippen LogP contribution in [0.5, 0.6) is 0 Å². The number of aromatic nitrogens is 2. The van der Waals surface area contributed by atoms with Crippen LogP contribution in [0.25, 0.3) is 5.69 Å². The molecule has 1 aliphatic heterocycles. The van der Waals surface area contributed by atoms with E-state index in [4.69, 9.17) is 12.2 Å². The molecule has 0 spiro atoms. The van der Waals surface area contributed by atoms with Gasteiger partial charge in [0.2, 0.25) is 5.91 Å². The summed E-state index contributed by atoms with van der Waals surface area (Å²) in [5.74, 6) is -0.559. The summed E-state index contributed by atoms with van der Waals surface area (Å²) in [5.41, 5.74) is 1.74. The molecular formula is C20H23N5O3S. The molecule has 5 unspecified atom stereocenters. The Balaban J connectivity index is 1.46. The Morgan fingerprint density at radius 1 is 1.21 bits per heavy atom. The Hall–Kier alpha value is -2.49. The number of aliphatic hydroxyl groups is 2. The van der Waals surface area contributed by atoms with E-state index in [1.165, 1.54) is 0 Å². The molecule has 9 heteroatoms. The van der Waals surface area contributed by atoms with Gasteiger partial charge in [-0.3, -0.25) is 4.79 Å². The molecule has 2 saturated carbocycles. The van der Waals surface area contributed by atoms with E-state index in [2.05, 4.69) is 15.7 Å². The first-order chi connectivity index (χ1) is 14.0. The summed E-state index contributed by atoms with van der Waals surface area (Å²) >= 11 is 5.55. The van der Waals surface area contributed by atoms with Crippen LogP contribution in [0.15, 0.2) is 42.7 Å². The van der Waals surface area contributed by atoms with Crippen LogP contribution in [0.4, 0.5) is 5.69 Å². The van der Waals surface area contributed by atoms with Crippen LogP contribution in [-0.2, 0) is 4.79 Å². The van der Waals surface area contributed by atoms with Crippen molar-refractivity contribution < 1.29 is 15.0 Å². The van der Waals surface area contributed by atoms with Gasteiger partial charge in [-0.15, -0.1) is 0 Å². The third kappa shape index (κ3) is 3.29. The van der Waals surface area contributed by atoms with E-state index in [9.17, 15) is 15.0 Å². The quantitative estimate of drug-likeness (QED) is 0.536. The summed E-state index contributed by atoms with van der Waals surface area (Å²) in [5, 5.41) is 31.7.